The van der Waals surface area contributed by atoms with Crippen molar-refractivity contribution in [2.24, 2.45) is 5.92 Å². The Bertz CT molecular complexity index is 578. The van der Waals surface area contributed by atoms with E-state index < -0.39 is 0 Å². The number of ether oxygens (including phenoxy) is 2. The van der Waals surface area contributed by atoms with E-state index in [1.165, 1.54) is 0 Å². The van der Waals surface area contributed by atoms with Crippen LogP contribution in [0, 0.1) is 5.92 Å². The highest BCUT2D eigenvalue weighted by atomic mass is 16.5. The Morgan fingerprint density at radius 1 is 1.18 bits per heavy atom. The molecule has 0 radical (unpaired) electrons. The molecule has 22 heavy (non-hydrogen) atoms. The zero-order valence-corrected chi connectivity index (χ0v) is 12.6. The number of aromatic nitrogens is 4. The first-order chi connectivity index (χ1) is 10.8. The highest BCUT2D eigenvalue weighted by Gasteiger charge is 2.22. The Morgan fingerprint density at radius 2 is 2.05 bits per heavy atom. The van der Waals surface area contributed by atoms with Gasteiger partial charge in [0.15, 0.2) is 5.75 Å². The molecule has 0 amide bonds. The minimum atomic E-state index is 0.432. The topological polar surface area (TPSA) is 73.3 Å². The first kappa shape index (κ1) is 14.5. The van der Waals surface area contributed by atoms with E-state index in [2.05, 4.69) is 24.8 Å². The fourth-order valence-corrected chi connectivity index (χ4v) is 2.52. The molecule has 0 saturated carbocycles. The molecule has 0 bridgehead atoms. The van der Waals surface area contributed by atoms with E-state index in [4.69, 9.17) is 9.47 Å². The van der Waals surface area contributed by atoms with Crippen LogP contribution >= 0.6 is 0 Å². The number of anilines is 1. The van der Waals surface area contributed by atoms with Gasteiger partial charge in [-0.3, -0.25) is 4.98 Å². The molecular weight excluding hydrogens is 282 g/mol. The lowest BCUT2D eigenvalue weighted by Gasteiger charge is -2.32. The van der Waals surface area contributed by atoms with Crippen LogP contribution in [0.1, 0.15) is 12.8 Å². The van der Waals surface area contributed by atoms with Crippen molar-refractivity contribution in [2.45, 2.75) is 12.8 Å². The Morgan fingerprint density at radius 3 is 2.77 bits per heavy atom. The molecule has 1 fully saturated rings. The predicted octanol–water partition coefficient (Wildman–Crippen LogP) is 1.57. The van der Waals surface area contributed by atoms with Crippen LogP contribution in [0.25, 0.3) is 0 Å². The molecule has 0 N–H and O–H groups in total. The van der Waals surface area contributed by atoms with Gasteiger partial charge in [-0.2, -0.15) is 0 Å². The van der Waals surface area contributed by atoms with Crippen LogP contribution < -0.4 is 14.4 Å². The monoisotopic (exact) mass is 301 g/mol. The van der Waals surface area contributed by atoms with Gasteiger partial charge >= 0.3 is 0 Å². The number of rotatable bonds is 5. The maximum atomic E-state index is 5.71. The maximum Gasteiger partial charge on any atom is 0.232 e. The molecule has 2 aromatic heterocycles. The van der Waals surface area contributed by atoms with Gasteiger partial charge < -0.3 is 14.4 Å². The Balaban J connectivity index is 1.56. The van der Waals surface area contributed by atoms with Gasteiger partial charge in [0.1, 0.15) is 0 Å². The summed E-state index contributed by atoms with van der Waals surface area (Å²) < 4.78 is 10.8. The highest BCUT2D eigenvalue weighted by Crippen LogP contribution is 2.21. The van der Waals surface area contributed by atoms with Gasteiger partial charge in [0.2, 0.25) is 11.8 Å². The second kappa shape index (κ2) is 7.02. The van der Waals surface area contributed by atoms with E-state index in [0.29, 0.717) is 24.2 Å². The summed E-state index contributed by atoms with van der Waals surface area (Å²) in [5.41, 5.74) is 0. The van der Waals surface area contributed by atoms with Crippen LogP contribution in [0.4, 0.5) is 5.95 Å². The normalized spacial score (nSPS) is 18.0. The zero-order chi connectivity index (χ0) is 15.2. The van der Waals surface area contributed by atoms with Crippen LogP contribution in [0.15, 0.2) is 31.0 Å². The fraction of sp³-hybridized carbons (Fsp3) is 0.467. The van der Waals surface area contributed by atoms with Gasteiger partial charge in [0.25, 0.3) is 0 Å². The van der Waals surface area contributed by atoms with E-state index in [0.717, 1.165) is 31.9 Å². The van der Waals surface area contributed by atoms with Crippen LogP contribution in [0.5, 0.6) is 11.6 Å². The quantitative estimate of drug-likeness (QED) is 0.830. The van der Waals surface area contributed by atoms with Gasteiger partial charge in [-0.05, 0) is 12.8 Å². The number of methoxy groups -OCH3 is 1. The smallest absolute Gasteiger partial charge is 0.232 e. The molecule has 0 spiro atoms. The van der Waals surface area contributed by atoms with Crippen molar-refractivity contribution in [2.75, 3.05) is 31.7 Å². The second-order valence-electron chi connectivity index (χ2n) is 5.23. The summed E-state index contributed by atoms with van der Waals surface area (Å²) >= 11 is 0. The molecule has 1 aliphatic rings. The third-order valence-electron chi connectivity index (χ3n) is 3.66. The Hall–Kier alpha value is -2.44. The maximum absolute atomic E-state index is 5.71. The number of piperidine rings is 1. The van der Waals surface area contributed by atoms with E-state index in [1.54, 1.807) is 38.1 Å². The summed E-state index contributed by atoms with van der Waals surface area (Å²) in [5, 5.41) is 0. The second-order valence-corrected chi connectivity index (χ2v) is 5.23. The van der Waals surface area contributed by atoms with E-state index in [1.807, 2.05) is 0 Å². The molecule has 1 saturated heterocycles. The lowest BCUT2D eigenvalue weighted by molar-refractivity contribution is 0.220. The summed E-state index contributed by atoms with van der Waals surface area (Å²) in [7, 11) is 1.61. The molecule has 1 atom stereocenters. The van der Waals surface area contributed by atoms with Crippen LogP contribution in [0.3, 0.4) is 0 Å². The van der Waals surface area contributed by atoms with Crippen molar-refractivity contribution in [1.29, 1.82) is 0 Å². The number of hydrogen-bond donors (Lipinski definition) is 0. The van der Waals surface area contributed by atoms with Crippen molar-refractivity contribution in [1.82, 2.24) is 19.9 Å². The number of hydrogen-bond acceptors (Lipinski definition) is 7. The van der Waals surface area contributed by atoms with E-state index in [-0.39, 0.29) is 0 Å². The van der Waals surface area contributed by atoms with Crippen LogP contribution in [-0.4, -0.2) is 46.7 Å². The zero-order valence-electron chi connectivity index (χ0n) is 12.6. The molecule has 2 aromatic rings. The van der Waals surface area contributed by atoms with E-state index in [9.17, 15) is 0 Å². The first-order valence-electron chi connectivity index (χ1n) is 7.35. The largest absolute Gasteiger partial charge is 0.494 e. The third-order valence-corrected chi connectivity index (χ3v) is 3.66. The molecule has 0 aromatic carbocycles. The molecule has 7 heteroatoms. The molecule has 1 unspecified atom stereocenters. The van der Waals surface area contributed by atoms with Gasteiger partial charge in [-0.25, -0.2) is 15.0 Å². The molecule has 116 valence electrons. The molecule has 3 heterocycles. The third kappa shape index (κ3) is 3.60. The van der Waals surface area contributed by atoms with Crippen molar-refractivity contribution in [3.05, 3.63) is 31.0 Å². The van der Waals surface area contributed by atoms with Gasteiger partial charge in [0, 0.05) is 31.4 Å². The molecular formula is C15H19N5O2. The summed E-state index contributed by atoms with van der Waals surface area (Å²) in [5.74, 6) is 2.41. The Labute approximate surface area is 129 Å². The summed E-state index contributed by atoms with van der Waals surface area (Å²) in [6.45, 7) is 2.48. The average Bonchev–Trinajstić information content (AvgIpc) is 2.61. The highest BCUT2D eigenvalue weighted by molar-refractivity contribution is 5.32. The summed E-state index contributed by atoms with van der Waals surface area (Å²) in [4.78, 5) is 19.0. The fourth-order valence-electron chi connectivity index (χ4n) is 2.52. The minimum Gasteiger partial charge on any atom is -0.494 e. The minimum absolute atomic E-state index is 0.432. The van der Waals surface area contributed by atoms with E-state index >= 15 is 0 Å². The summed E-state index contributed by atoms with van der Waals surface area (Å²) in [6.07, 6.45) is 10.5. The van der Waals surface area contributed by atoms with Crippen molar-refractivity contribution >= 4 is 5.95 Å². The van der Waals surface area contributed by atoms with Gasteiger partial charge in [-0.15, -0.1) is 0 Å². The molecule has 7 nitrogen and oxygen atoms in total. The predicted molar refractivity (Wildman–Crippen MR) is 81.0 cm³/mol. The number of nitrogens with zero attached hydrogens (tertiary/aromatic N) is 5. The first-order valence-corrected chi connectivity index (χ1v) is 7.35. The van der Waals surface area contributed by atoms with Gasteiger partial charge in [-0.1, -0.05) is 0 Å². The molecule has 3 rings (SSSR count). The lowest BCUT2D eigenvalue weighted by atomic mass is 9.99. The van der Waals surface area contributed by atoms with Crippen molar-refractivity contribution in [3.63, 3.8) is 0 Å². The van der Waals surface area contributed by atoms with Gasteiger partial charge in [0.05, 0.1) is 32.3 Å². The van der Waals surface area contributed by atoms with Crippen molar-refractivity contribution in [3.8, 4) is 11.6 Å². The van der Waals surface area contributed by atoms with Crippen LogP contribution in [0.2, 0.25) is 0 Å². The van der Waals surface area contributed by atoms with Crippen LogP contribution in [-0.2, 0) is 0 Å². The van der Waals surface area contributed by atoms with Crippen molar-refractivity contribution < 1.29 is 9.47 Å². The molecule has 0 aliphatic carbocycles. The summed E-state index contributed by atoms with van der Waals surface area (Å²) in [6, 6.07) is 0. The Kier molecular flexibility index (Phi) is 4.62. The SMILES string of the molecule is COc1cnc(N2CCCC(COc3cnccn3)C2)nc1. The average molecular weight is 301 g/mol. The standard InChI is InChI=1S/C15H19N5O2/c1-21-13-7-18-15(19-8-13)20-6-2-3-12(10-20)11-22-14-9-16-4-5-17-14/h4-5,7-9,12H,2-3,6,10-11H2,1H3. The molecule has 1 aliphatic heterocycles. The lowest BCUT2D eigenvalue weighted by Crippen LogP contribution is -2.38.